The van der Waals surface area contributed by atoms with E-state index in [-0.39, 0.29) is 0 Å². The van der Waals surface area contributed by atoms with E-state index in [2.05, 4.69) is 44.1 Å². The van der Waals surface area contributed by atoms with Crippen LogP contribution in [-0.4, -0.2) is 11.5 Å². The number of nitrogens with zero attached hydrogens (tertiary/aromatic N) is 1. The summed E-state index contributed by atoms with van der Waals surface area (Å²) in [6.07, 6.45) is 7.46. The minimum absolute atomic E-state index is 0.486. The Morgan fingerprint density at radius 1 is 1.24 bits per heavy atom. The summed E-state index contributed by atoms with van der Waals surface area (Å²) in [5.74, 6) is 0.767. The van der Waals surface area contributed by atoms with E-state index in [9.17, 15) is 0 Å². The van der Waals surface area contributed by atoms with Crippen molar-refractivity contribution in [1.82, 2.24) is 10.3 Å². The normalized spacial score (nSPS) is 13.0. The molecule has 96 valence electrons. The third-order valence-corrected chi connectivity index (χ3v) is 3.18. The zero-order chi connectivity index (χ0) is 12.7. The molecule has 0 spiro atoms. The van der Waals surface area contributed by atoms with Gasteiger partial charge in [0.05, 0.1) is 0 Å². The van der Waals surface area contributed by atoms with Crippen LogP contribution in [0.5, 0.6) is 0 Å². The lowest BCUT2D eigenvalue weighted by molar-refractivity contribution is 0.446. The van der Waals surface area contributed by atoms with Gasteiger partial charge >= 0.3 is 0 Å². The third-order valence-electron chi connectivity index (χ3n) is 3.18. The number of hydrogen-bond donors (Lipinski definition) is 1. The molecule has 0 radical (unpaired) electrons. The molecular formula is C15H26N2. The first-order valence-corrected chi connectivity index (χ1v) is 6.85. The molecular weight excluding hydrogens is 208 g/mol. The van der Waals surface area contributed by atoms with Crippen LogP contribution in [0.1, 0.15) is 57.7 Å². The van der Waals surface area contributed by atoms with Crippen molar-refractivity contribution in [3.63, 3.8) is 0 Å². The van der Waals surface area contributed by atoms with Crippen LogP contribution in [-0.2, 0) is 6.42 Å². The Kier molecular flexibility index (Phi) is 6.20. The van der Waals surface area contributed by atoms with Crippen LogP contribution in [0.15, 0.2) is 18.5 Å². The molecule has 2 heteroatoms. The maximum Gasteiger partial charge on any atom is 0.0324 e. The summed E-state index contributed by atoms with van der Waals surface area (Å²) in [5.41, 5.74) is 2.81. The first kappa shape index (κ1) is 14.2. The van der Waals surface area contributed by atoms with Crippen LogP contribution < -0.4 is 5.32 Å². The van der Waals surface area contributed by atoms with Gasteiger partial charge in [-0.25, -0.2) is 0 Å². The Bertz CT molecular complexity index is 320. The van der Waals surface area contributed by atoms with Crippen molar-refractivity contribution in [2.24, 2.45) is 5.92 Å². The van der Waals surface area contributed by atoms with Gasteiger partial charge in [0.15, 0.2) is 0 Å². The van der Waals surface area contributed by atoms with Crippen LogP contribution >= 0.6 is 0 Å². The summed E-state index contributed by atoms with van der Waals surface area (Å²) in [4.78, 5) is 4.23. The van der Waals surface area contributed by atoms with E-state index in [1.54, 1.807) is 0 Å². The minimum Gasteiger partial charge on any atom is -0.310 e. The fourth-order valence-electron chi connectivity index (χ4n) is 2.19. The second kappa shape index (κ2) is 7.44. The molecule has 1 aromatic heterocycles. The quantitative estimate of drug-likeness (QED) is 0.777. The number of nitrogens with one attached hydrogen (secondary N) is 1. The molecule has 1 rings (SSSR count). The fraction of sp³-hybridized carbons (Fsp3) is 0.667. The van der Waals surface area contributed by atoms with E-state index < -0.39 is 0 Å². The molecule has 2 nitrogen and oxygen atoms in total. The zero-order valence-corrected chi connectivity index (χ0v) is 11.7. The average molecular weight is 234 g/mol. The van der Waals surface area contributed by atoms with Gasteiger partial charge in [0.1, 0.15) is 0 Å². The zero-order valence-electron chi connectivity index (χ0n) is 11.7. The van der Waals surface area contributed by atoms with Crippen molar-refractivity contribution >= 4 is 0 Å². The molecule has 0 aliphatic heterocycles. The highest BCUT2D eigenvalue weighted by atomic mass is 14.9. The van der Waals surface area contributed by atoms with Gasteiger partial charge in [-0.05, 0) is 48.9 Å². The van der Waals surface area contributed by atoms with E-state index in [1.807, 2.05) is 12.4 Å². The van der Waals surface area contributed by atoms with Gasteiger partial charge in [0.25, 0.3) is 0 Å². The van der Waals surface area contributed by atoms with Crippen LogP contribution in [0.2, 0.25) is 0 Å². The molecule has 0 aromatic carbocycles. The molecule has 0 bridgehead atoms. The largest absolute Gasteiger partial charge is 0.310 e. The van der Waals surface area contributed by atoms with Crippen LogP contribution in [0, 0.1) is 5.92 Å². The molecule has 0 saturated carbocycles. The first-order valence-electron chi connectivity index (χ1n) is 6.85. The van der Waals surface area contributed by atoms with Crippen molar-refractivity contribution in [2.75, 3.05) is 6.54 Å². The predicted octanol–water partition coefficient (Wildman–Crippen LogP) is 3.73. The van der Waals surface area contributed by atoms with Crippen molar-refractivity contribution in [2.45, 2.75) is 53.0 Å². The van der Waals surface area contributed by atoms with Gasteiger partial charge in [0.2, 0.25) is 0 Å². The second-order valence-electron chi connectivity index (χ2n) is 5.01. The molecule has 1 unspecified atom stereocenters. The van der Waals surface area contributed by atoms with Gasteiger partial charge in [-0.1, -0.05) is 27.7 Å². The molecule has 0 aliphatic carbocycles. The Morgan fingerprint density at radius 2 is 2.00 bits per heavy atom. The maximum atomic E-state index is 4.23. The molecule has 0 fully saturated rings. The minimum atomic E-state index is 0.486. The average Bonchev–Trinajstić information content (AvgIpc) is 2.34. The van der Waals surface area contributed by atoms with Crippen LogP contribution in [0.4, 0.5) is 0 Å². The Labute approximate surface area is 106 Å². The molecule has 0 aliphatic rings. The number of hydrogen-bond acceptors (Lipinski definition) is 2. The fourth-order valence-corrected chi connectivity index (χ4v) is 2.19. The van der Waals surface area contributed by atoms with Gasteiger partial charge in [-0.2, -0.15) is 0 Å². The van der Waals surface area contributed by atoms with Crippen molar-refractivity contribution in [1.29, 1.82) is 0 Å². The van der Waals surface area contributed by atoms with Crippen molar-refractivity contribution in [3.05, 3.63) is 29.6 Å². The van der Waals surface area contributed by atoms with E-state index in [1.165, 1.54) is 24.0 Å². The van der Waals surface area contributed by atoms with Gasteiger partial charge in [-0.15, -0.1) is 0 Å². The number of aromatic nitrogens is 1. The second-order valence-corrected chi connectivity index (χ2v) is 5.01. The molecule has 17 heavy (non-hydrogen) atoms. The number of pyridine rings is 1. The highest BCUT2D eigenvalue weighted by Gasteiger charge is 2.13. The number of aryl methyl sites for hydroxylation is 1. The lowest BCUT2D eigenvalue weighted by Gasteiger charge is -2.21. The Morgan fingerprint density at radius 3 is 2.59 bits per heavy atom. The summed E-state index contributed by atoms with van der Waals surface area (Å²) in [7, 11) is 0. The molecule has 1 heterocycles. The van der Waals surface area contributed by atoms with E-state index in [0.717, 1.165) is 18.9 Å². The van der Waals surface area contributed by atoms with E-state index >= 15 is 0 Å². The molecule has 1 atom stereocenters. The standard InChI is InChI=1S/C15H26N2/c1-5-13-11-16-10-9-14(13)15(17-6-2)8-7-12(3)4/h9-12,15,17H,5-8H2,1-4H3. The predicted molar refractivity (Wildman–Crippen MR) is 74.1 cm³/mol. The Balaban J connectivity index is 2.80. The van der Waals surface area contributed by atoms with Gasteiger partial charge in [-0.3, -0.25) is 4.98 Å². The lowest BCUT2D eigenvalue weighted by Crippen LogP contribution is -2.22. The SMILES string of the molecule is CCNC(CCC(C)C)c1ccncc1CC. The third kappa shape index (κ3) is 4.47. The Hall–Kier alpha value is -0.890. The van der Waals surface area contributed by atoms with Crippen LogP contribution in [0.3, 0.4) is 0 Å². The first-order chi connectivity index (χ1) is 8.19. The monoisotopic (exact) mass is 234 g/mol. The summed E-state index contributed by atoms with van der Waals surface area (Å²) in [5, 5.41) is 3.60. The van der Waals surface area contributed by atoms with Gasteiger partial charge < -0.3 is 5.32 Å². The topological polar surface area (TPSA) is 24.9 Å². The molecule has 0 amide bonds. The summed E-state index contributed by atoms with van der Waals surface area (Å²) < 4.78 is 0. The molecule has 0 saturated heterocycles. The van der Waals surface area contributed by atoms with Crippen molar-refractivity contribution < 1.29 is 0 Å². The van der Waals surface area contributed by atoms with E-state index in [0.29, 0.717) is 6.04 Å². The van der Waals surface area contributed by atoms with Crippen LogP contribution in [0.25, 0.3) is 0 Å². The summed E-state index contributed by atoms with van der Waals surface area (Å²) in [6, 6.07) is 2.66. The summed E-state index contributed by atoms with van der Waals surface area (Å²) >= 11 is 0. The molecule has 1 N–H and O–H groups in total. The highest BCUT2D eigenvalue weighted by molar-refractivity contribution is 5.26. The van der Waals surface area contributed by atoms with Gasteiger partial charge in [0, 0.05) is 18.4 Å². The summed E-state index contributed by atoms with van der Waals surface area (Å²) in [6.45, 7) is 9.97. The van der Waals surface area contributed by atoms with E-state index in [4.69, 9.17) is 0 Å². The maximum absolute atomic E-state index is 4.23. The number of rotatable bonds is 7. The van der Waals surface area contributed by atoms with Crippen molar-refractivity contribution in [3.8, 4) is 0 Å². The highest BCUT2D eigenvalue weighted by Crippen LogP contribution is 2.23. The lowest BCUT2D eigenvalue weighted by atomic mass is 9.94. The smallest absolute Gasteiger partial charge is 0.0324 e. The molecule has 1 aromatic rings.